The van der Waals surface area contributed by atoms with E-state index in [9.17, 15) is 0 Å². The number of para-hydroxylation sites is 4. The molecule has 3 aromatic heterocycles. The Morgan fingerprint density at radius 3 is 1.85 bits per heavy atom. The van der Waals surface area contributed by atoms with Crippen molar-refractivity contribution in [2.75, 3.05) is 0 Å². The summed E-state index contributed by atoms with van der Waals surface area (Å²) in [6, 6.07) is 57.1. The molecule has 0 aliphatic heterocycles. The molecule has 7 aromatic carbocycles. The fourth-order valence-electron chi connectivity index (χ4n) is 7.12. The molecule has 0 radical (unpaired) electrons. The van der Waals surface area contributed by atoms with Crippen LogP contribution >= 0.6 is 0 Å². The Morgan fingerprint density at radius 1 is 0.417 bits per heavy atom. The highest BCUT2D eigenvalue weighted by molar-refractivity contribution is 6.23. The number of furan rings is 1. The summed E-state index contributed by atoms with van der Waals surface area (Å²) in [5, 5.41) is 5.53. The van der Waals surface area contributed by atoms with Crippen molar-refractivity contribution < 1.29 is 4.42 Å². The molecule has 4 heteroatoms. The van der Waals surface area contributed by atoms with Gasteiger partial charge in [-0.15, -0.1) is 0 Å². The Morgan fingerprint density at radius 2 is 1.04 bits per heavy atom. The maximum Gasteiger partial charge on any atom is 0.145 e. The van der Waals surface area contributed by atoms with Crippen molar-refractivity contribution >= 4 is 54.6 Å². The van der Waals surface area contributed by atoms with Crippen LogP contribution in [0.1, 0.15) is 0 Å². The summed E-state index contributed by atoms with van der Waals surface area (Å²) in [4.78, 5) is 10.2. The lowest BCUT2D eigenvalue weighted by Crippen LogP contribution is -1.97. The summed E-state index contributed by atoms with van der Waals surface area (Å²) in [7, 11) is 0. The first-order valence-corrected chi connectivity index (χ1v) is 16.2. The van der Waals surface area contributed by atoms with Gasteiger partial charge in [0.05, 0.1) is 27.6 Å². The molecule has 3 heterocycles. The van der Waals surface area contributed by atoms with Gasteiger partial charge in [0.1, 0.15) is 17.0 Å². The van der Waals surface area contributed by atoms with Crippen molar-refractivity contribution in [3.63, 3.8) is 0 Å². The lowest BCUT2D eigenvalue weighted by atomic mass is 9.96. The third-order valence-electron chi connectivity index (χ3n) is 9.42. The zero-order valence-electron chi connectivity index (χ0n) is 25.8. The lowest BCUT2D eigenvalue weighted by Gasteiger charge is -2.12. The number of fused-ring (bicyclic) bond motifs is 8. The topological polar surface area (TPSA) is 43.9 Å². The number of aromatic nitrogens is 3. The van der Waals surface area contributed by atoms with Crippen LogP contribution in [0, 0.1) is 0 Å². The number of nitrogens with zero attached hydrogens (tertiary/aromatic N) is 3. The molecule has 0 saturated carbocycles. The van der Waals surface area contributed by atoms with Crippen LogP contribution in [0.15, 0.2) is 168 Å². The van der Waals surface area contributed by atoms with E-state index in [4.69, 9.17) is 14.4 Å². The van der Waals surface area contributed by atoms with Gasteiger partial charge in [-0.3, -0.25) is 4.57 Å². The van der Waals surface area contributed by atoms with Gasteiger partial charge in [0, 0.05) is 33.0 Å². The number of imidazole rings is 1. The van der Waals surface area contributed by atoms with Gasteiger partial charge in [0.2, 0.25) is 0 Å². The SMILES string of the molecule is c1ccc(-c2nc3ccccc3n2-c2ccc(-c3ccc(-c4nc5ccccc5c5ccc6c7ccccc7oc6c45)cc3)cc2)cc1. The summed E-state index contributed by atoms with van der Waals surface area (Å²) >= 11 is 0. The molecule has 0 saturated heterocycles. The second-order valence-corrected chi connectivity index (χ2v) is 12.2. The van der Waals surface area contributed by atoms with Gasteiger partial charge in [-0.25, -0.2) is 9.97 Å². The molecule has 224 valence electrons. The molecular formula is C44H27N3O. The van der Waals surface area contributed by atoms with Crippen LogP contribution in [0.25, 0.3) is 94.1 Å². The van der Waals surface area contributed by atoms with Crippen molar-refractivity contribution in [3.8, 4) is 39.5 Å². The normalized spacial score (nSPS) is 11.8. The second-order valence-electron chi connectivity index (χ2n) is 12.2. The van der Waals surface area contributed by atoms with Crippen LogP contribution in [-0.4, -0.2) is 14.5 Å². The van der Waals surface area contributed by atoms with E-state index in [2.05, 4.69) is 138 Å². The summed E-state index contributed by atoms with van der Waals surface area (Å²) in [6.45, 7) is 0. The second kappa shape index (κ2) is 10.5. The molecule has 0 unspecified atom stereocenters. The molecule has 0 aliphatic carbocycles. The van der Waals surface area contributed by atoms with Crippen LogP contribution < -0.4 is 0 Å². The van der Waals surface area contributed by atoms with Crippen LogP contribution in [-0.2, 0) is 0 Å². The first-order chi connectivity index (χ1) is 23.8. The number of benzene rings is 7. The molecule has 48 heavy (non-hydrogen) atoms. The molecule has 0 spiro atoms. The van der Waals surface area contributed by atoms with Crippen molar-refractivity contribution in [1.82, 2.24) is 14.5 Å². The average Bonchev–Trinajstić information content (AvgIpc) is 3.74. The standard InChI is InChI=1S/C44H27N3O/c1-2-10-31(11-3-1)44-46-38-15-7-8-16-39(38)47(44)32-24-22-29(23-25-32)28-18-20-30(21-19-28)42-41-35(33-12-4-6-14-37(33)45-42)26-27-36-34-13-5-9-17-40(34)48-43(36)41/h1-27H. The van der Waals surface area contributed by atoms with Crippen LogP contribution in [0.4, 0.5) is 0 Å². The van der Waals surface area contributed by atoms with E-state index in [1.165, 1.54) is 0 Å². The number of pyridine rings is 1. The van der Waals surface area contributed by atoms with E-state index >= 15 is 0 Å². The summed E-state index contributed by atoms with van der Waals surface area (Å²) in [6.07, 6.45) is 0. The predicted octanol–water partition coefficient (Wildman–Crippen LogP) is 11.6. The first kappa shape index (κ1) is 26.7. The van der Waals surface area contributed by atoms with Crippen LogP contribution in [0.3, 0.4) is 0 Å². The van der Waals surface area contributed by atoms with Crippen molar-refractivity contribution in [1.29, 1.82) is 0 Å². The third-order valence-corrected chi connectivity index (χ3v) is 9.42. The maximum absolute atomic E-state index is 6.53. The van der Waals surface area contributed by atoms with Crippen LogP contribution in [0.2, 0.25) is 0 Å². The van der Waals surface area contributed by atoms with Crippen molar-refractivity contribution in [2.45, 2.75) is 0 Å². The fourth-order valence-corrected chi connectivity index (χ4v) is 7.12. The molecule has 0 bridgehead atoms. The Hall–Kier alpha value is -6.52. The predicted molar refractivity (Wildman–Crippen MR) is 197 cm³/mol. The molecule has 4 nitrogen and oxygen atoms in total. The number of hydrogen-bond acceptors (Lipinski definition) is 3. The molecular weight excluding hydrogens is 587 g/mol. The van der Waals surface area contributed by atoms with E-state index in [1.807, 2.05) is 30.3 Å². The Bertz CT molecular complexity index is 2810. The number of rotatable bonds is 4. The molecule has 0 aliphatic rings. The molecule has 10 aromatic rings. The highest BCUT2D eigenvalue weighted by atomic mass is 16.3. The summed E-state index contributed by atoms with van der Waals surface area (Å²) < 4.78 is 8.77. The average molecular weight is 614 g/mol. The van der Waals surface area contributed by atoms with Crippen molar-refractivity contribution in [2.24, 2.45) is 0 Å². The van der Waals surface area contributed by atoms with E-state index in [0.29, 0.717) is 0 Å². The lowest BCUT2D eigenvalue weighted by molar-refractivity contribution is 0.672. The fraction of sp³-hybridized carbons (Fsp3) is 0. The van der Waals surface area contributed by atoms with E-state index in [0.717, 1.165) is 94.1 Å². The molecule has 10 rings (SSSR count). The third kappa shape index (κ3) is 4.10. The number of hydrogen-bond donors (Lipinski definition) is 0. The molecule has 0 atom stereocenters. The molecule has 0 N–H and O–H groups in total. The summed E-state index contributed by atoms with van der Waals surface area (Å²) in [5.41, 5.74) is 11.2. The molecule has 0 fully saturated rings. The van der Waals surface area contributed by atoms with Gasteiger partial charge in [-0.2, -0.15) is 0 Å². The Balaban J connectivity index is 1.08. The maximum atomic E-state index is 6.53. The van der Waals surface area contributed by atoms with Gasteiger partial charge in [0.15, 0.2) is 0 Å². The van der Waals surface area contributed by atoms with E-state index in [1.54, 1.807) is 0 Å². The highest BCUT2D eigenvalue weighted by Gasteiger charge is 2.18. The van der Waals surface area contributed by atoms with E-state index in [-0.39, 0.29) is 0 Å². The zero-order chi connectivity index (χ0) is 31.6. The Kier molecular flexibility index (Phi) is 5.84. The van der Waals surface area contributed by atoms with Gasteiger partial charge >= 0.3 is 0 Å². The van der Waals surface area contributed by atoms with Gasteiger partial charge in [0.25, 0.3) is 0 Å². The Labute approximate surface area is 276 Å². The highest BCUT2D eigenvalue weighted by Crippen LogP contribution is 2.41. The van der Waals surface area contributed by atoms with Crippen molar-refractivity contribution in [3.05, 3.63) is 164 Å². The largest absolute Gasteiger partial charge is 0.455 e. The van der Waals surface area contributed by atoms with Gasteiger partial charge in [-0.05, 0) is 59.0 Å². The van der Waals surface area contributed by atoms with Crippen LogP contribution in [0.5, 0.6) is 0 Å². The van der Waals surface area contributed by atoms with Gasteiger partial charge < -0.3 is 4.42 Å². The monoisotopic (exact) mass is 613 g/mol. The summed E-state index contributed by atoms with van der Waals surface area (Å²) in [5.74, 6) is 0.933. The van der Waals surface area contributed by atoms with Gasteiger partial charge in [-0.1, -0.05) is 121 Å². The minimum absolute atomic E-state index is 0.878. The zero-order valence-corrected chi connectivity index (χ0v) is 25.8. The molecule has 0 amide bonds. The minimum Gasteiger partial charge on any atom is -0.455 e. The first-order valence-electron chi connectivity index (χ1n) is 16.2. The van der Waals surface area contributed by atoms with E-state index < -0.39 is 0 Å². The smallest absolute Gasteiger partial charge is 0.145 e. The quantitative estimate of drug-likeness (QED) is 0.186. The minimum atomic E-state index is 0.878.